The maximum atomic E-state index is 12.5. The number of piperazine rings is 1. The van der Waals surface area contributed by atoms with Gasteiger partial charge in [-0.05, 0) is 51.2 Å². The van der Waals surface area contributed by atoms with Crippen molar-refractivity contribution in [3.8, 4) is 0 Å². The molecule has 28 heavy (non-hydrogen) atoms. The highest BCUT2D eigenvalue weighted by Crippen LogP contribution is 2.19. The van der Waals surface area contributed by atoms with Gasteiger partial charge in [0.15, 0.2) is 0 Å². The fraction of sp³-hybridized carbons (Fsp3) is 0.571. The Hall–Kier alpha value is -2.57. The monoisotopic (exact) mass is 385 g/mol. The maximum Gasteiger partial charge on any atom is 0.318 e. The van der Waals surface area contributed by atoms with Gasteiger partial charge >= 0.3 is 6.03 Å². The second-order valence-electron chi connectivity index (χ2n) is 7.48. The van der Waals surface area contributed by atoms with Gasteiger partial charge < -0.3 is 20.4 Å². The molecule has 3 rings (SSSR count). The molecule has 2 aliphatic rings. The lowest BCUT2D eigenvalue weighted by Gasteiger charge is -2.35. The molecular weight excluding hydrogens is 354 g/mol. The minimum absolute atomic E-state index is 0.128. The van der Waals surface area contributed by atoms with Crippen LogP contribution in [0.3, 0.4) is 0 Å². The van der Waals surface area contributed by atoms with Gasteiger partial charge in [-0.15, -0.1) is 0 Å². The summed E-state index contributed by atoms with van der Waals surface area (Å²) in [5.41, 5.74) is 1.44. The normalized spacial score (nSPS) is 18.2. The summed E-state index contributed by atoms with van der Waals surface area (Å²) in [5, 5.41) is 5.76. The highest BCUT2D eigenvalue weighted by molar-refractivity contribution is 5.86. The van der Waals surface area contributed by atoms with Crippen LogP contribution in [0.25, 0.3) is 0 Å². The van der Waals surface area contributed by atoms with E-state index in [9.17, 15) is 9.59 Å². The third-order valence-corrected chi connectivity index (χ3v) is 5.40. The first kappa shape index (κ1) is 20.2. The molecule has 7 nitrogen and oxygen atoms in total. The molecule has 0 unspecified atom stereocenters. The number of aromatic nitrogens is 1. The number of anilines is 1. The molecule has 0 bridgehead atoms. The highest BCUT2D eigenvalue weighted by atomic mass is 16.2. The lowest BCUT2D eigenvalue weighted by molar-refractivity contribution is -0.122. The fourth-order valence-electron chi connectivity index (χ4n) is 3.65. The average molecular weight is 386 g/mol. The zero-order valence-corrected chi connectivity index (χ0v) is 16.7. The highest BCUT2D eigenvalue weighted by Gasteiger charge is 2.24. The Morgan fingerprint density at radius 3 is 2.68 bits per heavy atom. The van der Waals surface area contributed by atoms with Crippen LogP contribution in [0.1, 0.15) is 39.0 Å². The van der Waals surface area contributed by atoms with Crippen molar-refractivity contribution >= 4 is 17.8 Å². The maximum absolute atomic E-state index is 12.5. The van der Waals surface area contributed by atoms with E-state index in [1.807, 2.05) is 18.2 Å². The van der Waals surface area contributed by atoms with E-state index < -0.39 is 6.04 Å². The van der Waals surface area contributed by atoms with Gasteiger partial charge in [-0.25, -0.2) is 9.78 Å². The lowest BCUT2D eigenvalue weighted by Crippen LogP contribution is -2.55. The predicted octanol–water partition coefficient (Wildman–Crippen LogP) is 2.31. The number of carbonyl (C=O) groups excluding carboxylic acids is 2. The molecule has 0 spiro atoms. The number of hydrogen-bond donors (Lipinski definition) is 2. The van der Waals surface area contributed by atoms with Crippen molar-refractivity contribution in [1.29, 1.82) is 0 Å². The molecule has 0 radical (unpaired) electrons. The van der Waals surface area contributed by atoms with Crippen LogP contribution >= 0.6 is 0 Å². The smallest absolute Gasteiger partial charge is 0.318 e. The molecule has 2 N–H and O–H groups in total. The number of carbonyl (C=O) groups is 2. The van der Waals surface area contributed by atoms with Gasteiger partial charge in [-0.1, -0.05) is 17.7 Å². The molecule has 152 valence electrons. The van der Waals surface area contributed by atoms with Crippen LogP contribution in [0, 0.1) is 0 Å². The quantitative estimate of drug-likeness (QED) is 0.737. The molecule has 1 aliphatic heterocycles. The van der Waals surface area contributed by atoms with Crippen molar-refractivity contribution < 1.29 is 9.59 Å². The number of allylic oxidation sites excluding steroid dienone is 1. The molecule has 1 atom stereocenters. The first-order chi connectivity index (χ1) is 13.6. The Kier molecular flexibility index (Phi) is 7.28. The van der Waals surface area contributed by atoms with Crippen molar-refractivity contribution in [1.82, 2.24) is 20.5 Å². The summed E-state index contributed by atoms with van der Waals surface area (Å²) >= 11 is 0. The van der Waals surface area contributed by atoms with Gasteiger partial charge in [0.25, 0.3) is 0 Å². The van der Waals surface area contributed by atoms with Crippen molar-refractivity contribution in [2.24, 2.45) is 0 Å². The Bertz CT molecular complexity index is 683. The zero-order valence-electron chi connectivity index (χ0n) is 16.7. The average Bonchev–Trinajstić information content (AvgIpc) is 2.75. The summed E-state index contributed by atoms with van der Waals surface area (Å²) in [6.07, 6.45) is 9.80. The minimum atomic E-state index is -0.540. The summed E-state index contributed by atoms with van der Waals surface area (Å²) in [4.78, 5) is 33.0. The zero-order chi connectivity index (χ0) is 19.8. The number of urea groups is 1. The van der Waals surface area contributed by atoms with Gasteiger partial charge in [0.2, 0.25) is 5.91 Å². The summed E-state index contributed by atoms with van der Waals surface area (Å²) in [6.45, 7) is 5.07. The van der Waals surface area contributed by atoms with Crippen LogP contribution in [-0.2, 0) is 4.79 Å². The number of pyridine rings is 1. The molecule has 1 aromatic rings. The third-order valence-electron chi connectivity index (χ3n) is 5.40. The van der Waals surface area contributed by atoms with Crippen LogP contribution < -0.4 is 15.5 Å². The van der Waals surface area contributed by atoms with Gasteiger partial charge in [-0.3, -0.25) is 4.79 Å². The molecule has 3 amide bonds. The minimum Gasteiger partial charge on any atom is -0.354 e. The van der Waals surface area contributed by atoms with Gasteiger partial charge in [0, 0.05) is 38.9 Å². The van der Waals surface area contributed by atoms with Crippen molar-refractivity contribution in [3.63, 3.8) is 0 Å². The molecule has 1 fully saturated rings. The van der Waals surface area contributed by atoms with E-state index in [2.05, 4.69) is 26.6 Å². The summed E-state index contributed by atoms with van der Waals surface area (Å²) in [6, 6.07) is 5.11. The second-order valence-corrected chi connectivity index (χ2v) is 7.48. The SMILES string of the molecule is C[C@H](NC(=O)N1CCN(c2ccccn2)CC1)C(=O)NCCC1=CCCCC1. The van der Waals surface area contributed by atoms with Crippen LogP contribution in [-0.4, -0.2) is 60.6 Å². The lowest BCUT2D eigenvalue weighted by atomic mass is 9.97. The molecule has 0 saturated carbocycles. The summed E-state index contributed by atoms with van der Waals surface area (Å²) in [5.74, 6) is 0.806. The van der Waals surface area contributed by atoms with Crippen molar-refractivity contribution in [2.45, 2.75) is 45.1 Å². The number of amides is 3. The molecule has 7 heteroatoms. The number of hydrogen-bond acceptors (Lipinski definition) is 4. The standard InChI is InChI=1S/C21H31N5O2/c1-17(20(27)23-12-10-18-7-3-2-4-8-18)24-21(28)26-15-13-25(14-16-26)19-9-5-6-11-22-19/h5-7,9,11,17H,2-4,8,10,12-16H2,1H3,(H,23,27)(H,24,28)/t17-/m0/s1. The van der Waals surface area contributed by atoms with Crippen LogP contribution in [0.2, 0.25) is 0 Å². The van der Waals surface area contributed by atoms with Crippen LogP contribution in [0.4, 0.5) is 10.6 Å². The van der Waals surface area contributed by atoms with E-state index in [-0.39, 0.29) is 11.9 Å². The Morgan fingerprint density at radius 2 is 2.00 bits per heavy atom. The van der Waals surface area contributed by atoms with Gasteiger partial charge in [0.1, 0.15) is 11.9 Å². The second kappa shape index (κ2) is 10.1. The van der Waals surface area contributed by atoms with Crippen LogP contribution in [0.5, 0.6) is 0 Å². The van der Waals surface area contributed by atoms with E-state index >= 15 is 0 Å². The largest absolute Gasteiger partial charge is 0.354 e. The first-order valence-corrected chi connectivity index (χ1v) is 10.3. The van der Waals surface area contributed by atoms with Gasteiger partial charge in [0.05, 0.1) is 0 Å². The molecule has 2 heterocycles. The molecule has 1 saturated heterocycles. The molecule has 1 aromatic heterocycles. The Balaban J connectivity index is 1.36. The van der Waals surface area contributed by atoms with E-state index in [1.165, 1.54) is 18.4 Å². The number of nitrogens with zero attached hydrogens (tertiary/aromatic N) is 3. The van der Waals surface area contributed by atoms with E-state index in [0.717, 1.165) is 38.2 Å². The Morgan fingerprint density at radius 1 is 1.18 bits per heavy atom. The summed E-state index contributed by atoms with van der Waals surface area (Å²) < 4.78 is 0. The third kappa shape index (κ3) is 5.71. The molecular formula is C21H31N5O2. The first-order valence-electron chi connectivity index (χ1n) is 10.3. The number of nitrogens with one attached hydrogen (secondary N) is 2. The fourth-order valence-corrected chi connectivity index (χ4v) is 3.65. The Labute approximate surface area is 167 Å². The molecule has 1 aliphatic carbocycles. The van der Waals surface area contributed by atoms with Crippen LogP contribution in [0.15, 0.2) is 36.0 Å². The van der Waals surface area contributed by atoms with Gasteiger partial charge in [-0.2, -0.15) is 0 Å². The predicted molar refractivity (Wildman–Crippen MR) is 110 cm³/mol. The van der Waals surface area contributed by atoms with Crippen molar-refractivity contribution in [2.75, 3.05) is 37.6 Å². The van der Waals surface area contributed by atoms with E-state index in [0.29, 0.717) is 19.6 Å². The van der Waals surface area contributed by atoms with Crippen molar-refractivity contribution in [3.05, 3.63) is 36.0 Å². The van der Waals surface area contributed by atoms with E-state index in [1.54, 1.807) is 18.0 Å². The summed E-state index contributed by atoms with van der Waals surface area (Å²) in [7, 11) is 0. The number of rotatable bonds is 6. The van der Waals surface area contributed by atoms with E-state index in [4.69, 9.17) is 0 Å². The topological polar surface area (TPSA) is 77.6 Å². The molecule has 0 aromatic carbocycles.